The zero-order valence-electron chi connectivity index (χ0n) is 12.1. The van der Waals surface area contributed by atoms with Gasteiger partial charge in [0.25, 0.3) is 0 Å². The molecule has 2 aliphatic carbocycles. The smallest absolute Gasteiger partial charge is 0.187 e. The molecular weight excluding hydrogens is 276 g/mol. The van der Waals surface area contributed by atoms with Crippen LogP contribution in [0.2, 0.25) is 0 Å². The van der Waals surface area contributed by atoms with Gasteiger partial charge in [-0.3, -0.25) is 4.79 Å². The van der Waals surface area contributed by atoms with E-state index in [4.69, 9.17) is 9.47 Å². The second-order valence-electron chi connectivity index (χ2n) is 7.07. The van der Waals surface area contributed by atoms with Gasteiger partial charge in [-0.05, 0) is 25.0 Å². The topological polar surface area (TPSA) is 99.5 Å². The van der Waals surface area contributed by atoms with Gasteiger partial charge in [0.15, 0.2) is 5.78 Å². The van der Waals surface area contributed by atoms with Gasteiger partial charge in [-0.25, -0.2) is 0 Å². The van der Waals surface area contributed by atoms with Crippen LogP contribution in [-0.2, 0) is 14.3 Å². The van der Waals surface area contributed by atoms with Crippen LogP contribution in [0.3, 0.4) is 0 Å². The van der Waals surface area contributed by atoms with Crippen LogP contribution < -0.4 is 0 Å². The first-order chi connectivity index (χ1) is 9.84. The van der Waals surface area contributed by atoms with Gasteiger partial charge in [0.05, 0.1) is 30.8 Å². The van der Waals surface area contributed by atoms with Crippen molar-refractivity contribution in [1.82, 2.24) is 0 Å². The van der Waals surface area contributed by atoms with E-state index in [2.05, 4.69) is 0 Å². The summed E-state index contributed by atoms with van der Waals surface area (Å²) in [4.78, 5) is 12.3. The van der Waals surface area contributed by atoms with Gasteiger partial charge in [-0.15, -0.1) is 0 Å². The molecule has 6 heteroatoms. The Morgan fingerprint density at radius 1 is 1.43 bits per heavy atom. The maximum Gasteiger partial charge on any atom is 0.187 e. The summed E-state index contributed by atoms with van der Waals surface area (Å²) in [5.74, 6) is -0.388. The first kappa shape index (κ1) is 13.8. The molecule has 3 fully saturated rings. The van der Waals surface area contributed by atoms with E-state index in [-0.39, 0.29) is 5.78 Å². The van der Waals surface area contributed by atoms with Crippen LogP contribution in [0.25, 0.3) is 0 Å². The maximum atomic E-state index is 12.3. The molecule has 2 aliphatic heterocycles. The monoisotopic (exact) mass is 296 g/mol. The SMILES string of the molecule is CC1=CC2OC3C(O)C[C@](C)([C@@]2(CO)C(O)C1=O)[C@]31CO1. The van der Waals surface area contributed by atoms with E-state index in [1.54, 1.807) is 13.0 Å². The fourth-order valence-electron chi connectivity index (χ4n) is 5.02. The van der Waals surface area contributed by atoms with Crippen LogP contribution in [0, 0.1) is 10.8 Å². The van der Waals surface area contributed by atoms with E-state index in [1.807, 2.05) is 6.92 Å². The normalized spacial score (nSPS) is 58.1. The minimum absolute atomic E-state index is 0.339. The predicted octanol–water partition coefficient (Wildman–Crippen LogP) is -0.838. The minimum Gasteiger partial charge on any atom is -0.396 e. The van der Waals surface area contributed by atoms with Gasteiger partial charge in [0, 0.05) is 5.41 Å². The molecule has 7 atom stereocenters. The summed E-state index contributed by atoms with van der Waals surface area (Å²) in [7, 11) is 0. The Labute approximate surface area is 122 Å². The average Bonchev–Trinajstić information content (AvgIpc) is 3.20. The van der Waals surface area contributed by atoms with Crippen molar-refractivity contribution in [3.8, 4) is 0 Å². The minimum atomic E-state index is -1.35. The molecule has 2 heterocycles. The molecule has 4 rings (SSSR count). The molecule has 6 nitrogen and oxygen atoms in total. The Balaban J connectivity index is 1.95. The molecule has 3 N–H and O–H groups in total. The molecule has 4 unspecified atom stereocenters. The van der Waals surface area contributed by atoms with Gasteiger partial charge in [-0.1, -0.05) is 6.92 Å². The second-order valence-corrected chi connectivity index (χ2v) is 7.07. The summed E-state index contributed by atoms with van der Waals surface area (Å²) in [6.45, 7) is 3.55. The van der Waals surface area contributed by atoms with Crippen LogP contribution in [0.15, 0.2) is 11.6 Å². The number of aliphatic hydroxyl groups excluding tert-OH is 3. The Bertz CT molecular complexity index is 552. The number of ether oxygens (including phenoxy) is 2. The summed E-state index contributed by atoms with van der Waals surface area (Å²) in [6.07, 6.45) is -1.14. The van der Waals surface area contributed by atoms with Crippen molar-refractivity contribution in [2.45, 2.75) is 50.3 Å². The van der Waals surface area contributed by atoms with Crippen molar-refractivity contribution in [3.63, 3.8) is 0 Å². The summed E-state index contributed by atoms with van der Waals surface area (Å²) in [6, 6.07) is 0. The summed E-state index contributed by atoms with van der Waals surface area (Å²) in [5, 5.41) is 31.1. The van der Waals surface area contributed by atoms with Crippen LogP contribution in [0.1, 0.15) is 20.3 Å². The maximum absolute atomic E-state index is 12.3. The molecule has 0 aromatic rings. The van der Waals surface area contributed by atoms with E-state index in [1.165, 1.54) is 0 Å². The standard InChI is InChI=1S/C15H20O6/c1-7-3-9-14(5-16,11(19)10(7)18)13(2)4-8(17)12(21-9)15(13)6-20-15/h3,8-9,11-12,16-17,19H,4-6H2,1-2H3/t8?,9?,11?,12?,13-,14-,15+/m1/s1. The lowest BCUT2D eigenvalue weighted by atomic mass is 9.50. The molecule has 0 aromatic heterocycles. The molecule has 1 spiro atoms. The van der Waals surface area contributed by atoms with Crippen LogP contribution >= 0.6 is 0 Å². The first-order valence-electron chi connectivity index (χ1n) is 7.33. The Hall–Kier alpha value is -0.790. The number of Topliss-reactive ketones (excluding diaryl/α,β-unsaturated/α-hetero) is 1. The molecule has 4 aliphatic rings. The molecule has 0 amide bonds. The molecule has 0 radical (unpaired) electrons. The first-order valence-corrected chi connectivity index (χ1v) is 7.33. The number of rotatable bonds is 1. The average molecular weight is 296 g/mol. The number of aliphatic hydroxyl groups is 3. The highest BCUT2D eigenvalue weighted by Crippen LogP contribution is 2.70. The Morgan fingerprint density at radius 3 is 2.67 bits per heavy atom. The van der Waals surface area contributed by atoms with E-state index in [0.29, 0.717) is 18.6 Å². The van der Waals surface area contributed by atoms with Crippen molar-refractivity contribution in [2.24, 2.45) is 10.8 Å². The number of hydrogen-bond acceptors (Lipinski definition) is 6. The van der Waals surface area contributed by atoms with Crippen molar-refractivity contribution >= 4 is 5.78 Å². The van der Waals surface area contributed by atoms with Crippen LogP contribution in [0.4, 0.5) is 0 Å². The molecule has 116 valence electrons. The van der Waals surface area contributed by atoms with E-state index in [9.17, 15) is 20.1 Å². The van der Waals surface area contributed by atoms with Crippen molar-refractivity contribution < 1.29 is 29.6 Å². The number of carbonyl (C=O) groups excluding carboxylic acids is 1. The molecule has 2 saturated heterocycles. The number of carbonyl (C=O) groups is 1. The Kier molecular flexibility index (Phi) is 2.47. The van der Waals surface area contributed by atoms with Crippen molar-refractivity contribution in [1.29, 1.82) is 0 Å². The summed E-state index contributed by atoms with van der Waals surface area (Å²) < 4.78 is 11.6. The quantitative estimate of drug-likeness (QED) is 0.546. The third-order valence-electron chi connectivity index (χ3n) is 6.43. The predicted molar refractivity (Wildman–Crippen MR) is 70.4 cm³/mol. The molecule has 21 heavy (non-hydrogen) atoms. The van der Waals surface area contributed by atoms with Gasteiger partial charge >= 0.3 is 0 Å². The summed E-state index contributed by atoms with van der Waals surface area (Å²) in [5.41, 5.74) is -2.16. The number of epoxide rings is 1. The fraction of sp³-hybridized carbons (Fsp3) is 0.800. The largest absolute Gasteiger partial charge is 0.396 e. The van der Waals surface area contributed by atoms with Gasteiger partial charge in [0.1, 0.15) is 17.8 Å². The highest BCUT2D eigenvalue weighted by molar-refractivity contribution is 6.00. The fourth-order valence-corrected chi connectivity index (χ4v) is 5.02. The van der Waals surface area contributed by atoms with Crippen molar-refractivity contribution in [3.05, 3.63) is 11.6 Å². The van der Waals surface area contributed by atoms with E-state index in [0.717, 1.165) is 0 Å². The Morgan fingerprint density at radius 2 is 2.10 bits per heavy atom. The lowest BCUT2D eigenvalue weighted by molar-refractivity contribution is -0.244. The lowest BCUT2D eigenvalue weighted by Gasteiger charge is -2.58. The number of hydrogen-bond donors (Lipinski definition) is 3. The van der Waals surface area contributed by atoms with Gasteiger partial charge in [0.2, 0.25) is 0 Å². The molecule has 1 saturated carbocycles. The van der Waals surface area contributed by atoms with E-state index >= 15 is 0 Å². The zero-order valence-corrected chi connectivity index (χ0v) is 12.1. The van der Waals surface area contributed by atoms with Crippen molar-refractivity contribution in [2.75, 3.05) is 13.2 Å². The highest BCUT2D eigenvalue weighted by Gasteiger charge is 2.83. The van der Waals surface area contributed by atoms with Crippen LogP contribution in [0.5, 0.6) is 0 Å². The van der Waals surface area contributed by atoms with Gasteiger partial charge in [-0.2, -0.15) is 0 Å². The lowest BCUT2D eigenvalue weighted by Crippen LogP contribution is -2.70. The third kappa shape index (κ3) is 1.22. The van der Waals surface area contributed by atoms with Crippen LogP contribution in [-0.4, -0.2) is 64.3 Å². The highest BCUT2D eigenvalue weighted by atomic mass is 16.6. The van der Waals surface area contributed by atoms with E-state index < -0.39 is 47.5 Å². The molecule has 2 bridgehead atoms. The third-order valence-corrected chi connectivity index (χ3v) is 6.43. The second kappa shape index (κ2) is 3.75. The number of fused-ring (bicyclic) bond motifs is 2. The summed E-state index contributed by atoms with van der Waals surface area (Å²) >= 11 is 0. The molecule has 0 aromatic carbocycles. The van der Waals surface area contributed by atoms with Gasteiger partial charge < -0.3 is 24.8 Å². The zero-order chi connectivity index (χ0) is 15.2. The molecular formula is C15H20O6. The number of ketones is 1.